The van der Waals surface area contributed by atoms with Gasteiger partial charge < -0.3 is 4.74 Å². The van der Waals surface area contributed by atoms with E-state index in [0.29, 0.717) is 19.5 Å². The Labute approximate surface area is 71.5 Å². The number of alkyl halides is 1. The van der Waals surface area contributed by atoms with Crippen molar-refractivity contribution in [3.63, 3.8) is 0 Å². The molecular weight excluding hydrogens is 161 g/mol. The number of likely N-dealkylation sites (tertiary alicyclic amines) is 1. The maximum Gasteiger partial charge on any atom is 0.319 e. The predicted octanol–water partition coefficient (Wildman–Crippen LogP) is 0.593. The van der Waals surface area contributed by atoms with Crippen LogP contribution in [0.2, 0.25) is 0 Å². The third-order valence-corrected chi connectivity index (χ3v) is 2.08. The Kier molecular flexibility index (Phi) is 2.67. The molecule has 0 radical (unpaired) electrons. The van der Waals surface area contributed by atoms with Gasteiger partial charge in [0.05, 0.1) is 13.7 Å². The van der Waals surface area contributed by atoms with Crippen LogP contribution in [0, 0.1) is 0 Å². The molecule has 1 heterocycles. The summed E-state index contributed by atoms with van der Waals surface area (Å²) >= 11 is 0. The highest BCUT2D eigenvalue weighted by Crippen LogP contribution is 2.23. The molecule has 0 aromatic heterocycles. The van der Waals surface area contributed by atoms with Crippen LogP contribution in [0.3, 0.4) is 0 Å². The molecular formula is C8H14FNO2. The van der Waals surface area contributed by atoms with Gasteiger partial charge in [-0.3, -0.25) is 9.69 Å². The first kappa shape index (κ1) is 9.45. The maximum absolute atomic E-state index is 13.2. The zero-order valence-electron chi connectivity index (χ0n) is 7.47. The Balaban J connectivity index is 2.33. The molecule has 0 N–H and O–H groups in total. The molecule has 0 aliphatic carbocycles. The predicted molar refractivity (Wildman–Crippen MR) is 42.6 cm³/mol. The Hall–Kier alpha value is -0.640. The highest BCUT2D eigenvalue weighted by atomic mass is 19.1. The highest BCUT2D eigenvalue weighted by Gasteiger charge is 2.34. The summed E-state index contributed by atoms with van der Waals surface area (Å²) in [5.41, 5.74) is -1.13. The Bertz CT molecular complexity index is 182. The third-order valence-electron chi connectivity index (χ3n) is 2.08. The minimum absolute atomic E-state index is 0.204. The molecule has 0 aromatic carbocycles. The fraction of sp³-hybridized carbons (Fsp3) is 0.875. The molecule has 1 atom stereocenters. The zero-order chi connectivity index (χ0) is 9.19. The molecule has 3 nitrogen and oxygen atoms in total. The zero-order valence-corrected chi connectivity index (χ0v) is 7.47. The minimum Gasteiger partial charge on any atom is -0.468 e. The molecule has 1 aliphatic rings. The second-order valence-electron chi connectivity index (χ2n) is 3.45. The van der Waals surface area contributed by atoms with E-state index in [2.05, 4.69) is 4.74 Å². The van der Waals surface area contributed by atoms with E-state index < -0.39 is 5.67 Å². The Morgan fingerprint density at radius 3 is 2.83 bits per heavy atom. The fourth-order valence-corrected chi connectivity index (χ4v) is 1.40. The minimum atomic E-state index is -1.13. The summed E-state index contributed by atoms with van der Waals surface area (Å²) < 4.78 is 17.7. The average Bonchev–Trinajstić information content (AvgIpc) is 2.30. The molecule has 0 amide bonds. The van der Waals surface area contributed by atoms with Gasteiger partial charge in [-0.15, -0.1) is 0 Å². The van der Waals surface area contributed by atoms with Gasteiger partial charge in [0.15, 0.2) is 0 Å². The molecule has 0 spiro atoms. The summed E-state index contributed by atoms with van der Waals surface area (Å²) in [5, 5.41) is 0. The summed E-state index contributed by atoms with van der Waals surface area (Å²) in [5.74, 6) is -0.298. The van der Waals surface area contributed by atoms with Gasteiger partial charge in [0.25, 0.3) is 0 Å². The van der Waals surface area contributed by atoms with Crippen LogP contribution in [0.4, 0.5) is 4.39 Å². The first-order chi connectivity index (χ1) is 5.53. The van der Waals surface area contributed by atoms with Gasteiger partial charge in [0, 0.05) is 13.1 Å². The first-order valence-electron chi connectivity index (χ1n) is 4.01. The van der Waals surface area contributed by atoms with Crippen LogP contribution in [0.25, 0.3) is 0 Å². The van der Waals surface area contributed by atoms with Gasteiger partial charge in [-0.1, -0.05) is 0 Å². The van der Waals surface area contributed by atoms with Crippen LogP contribution in [0.5, 0.6) is 0 Å². The fourth-order valence-electron chi connectivity index (χ4n) is 1.40. The largest absolute Gasteiger partial charge is 0.468 e. The number of halogens is 1. The quantitative estimate of drug-likeness (QED) is 0.575. The molecule has 0 saturated carbocycles. The van der Waals surface area contributed by atoms with E-state index in [0.717, 1.165) is 0 Å². The van der Waals surface area contributed by atoms with Crippen molar-refractivity contribution in [1.29, 1.82) is 0 Å². The summed E-state index contributed by atoms with van der Waals surface area (Å²) in [6, 6.07) is 0. The number of nitrogens with zero attached hydrogens (tertiary/aromatic N) is 1. The van der Waals surface area contributed by atoms with E-state index >= 15 is 0 Å². The van der Waals surface area contributed by atoms with Gasteiger partial charge >= 0.3 is 5.97 Å². The monoisotopic (exact) mass is 175 g/mol. The number of methoxy groups -OCH3 is 1. The van der Waals surface area contributed by atoms with E-state index in [1.807, 2.05) is 0 Å². The number of rotatable bonds is 2. The Morgan fingerprint density at radius 1 is 1.75 bits per heavy atom. The van der Waals surface area contributed by atoms with Crippen LogP contribution in [-0.2, 0) is 9.53 Å². The topological polar surface area (TPSA) is 29.5 Å². The van der Waals surface area contributed by atoms with Gasteiger partial charge in [0.2, 0.25) is 0 Å². The Morgan fingerprint density at radius 2 is 2.42 bits per heavy atom. The van der Waals surface area contributed by atoms with Crippen LogP contribution >= 0.6 is 0 Å². The number of hydrogen-bond donors (Lipinski definition) is 0. The summed E-state index contributed by atoms with van der Waals surface area (Å²) in [6.07, 6.45) is 0.504. The standard InChI is InChI=1S/C8H14FNO2/c1-8(9)3-4-10(6-8)5-7(11)12-2/h3-6H2,1-2H3. The number of hydrogen-bond acceptors (Lipinski definition) is 3. The summed E-state index contributed by atoms with van der Waals surface area (Å²) in [7, 11) is 1.34. The molecule has 0 bridgehead atoms. The third kappa shape index (κ3) is 2.44. The SMILES string of the molecule is COC(=O)CN1CCC(C)(F)C1. The van der Waals surface area contributed by atoms with Crippen molar-refractivity contribution in [3.8, 4) is 0 Å². The average molecular weight is 175 g/mol. The van der Waals surface area contributed by atoms with E-state index in [4.69, 9.17) is 0 Å². The van der Waals surface area contributed by atoms with Gasteiger partial charge in [-0.05, 0) is 13.3 Å². The van der Waals surface area contributed by atoms with E-state index in [1.54, 1.807) is 11.8 Å². The summed E-state index contributed by atoms with van der Waals surface area (Å²) in [6.45, 7) is 2.74. The molecule has 12 heavy (non-hydrogen) atoms. The van der Waals surface area contributed by atoms with Gasteiger partial charge in [0.1, 0.15) is 5.67 Å². The second-order valence-corrected chi connectivity index (χ2v) is 3.45. The molecule has 70 valence electrons. The number of ether oxygens (including phenoxy) is 1. The van der Waals surface area contributed by atoms with E-state index in [1.165, 1.54) is 7.11 Å². The molecule has 4 heteroatoms. The molecule has 1 saturated heterocycles. The van der Waals surface area contributed by atoms with E-state index in [-0.39, 0.29) is 12.5 Å². The van der Waals surface area contributed by atoms with Gasteiger partial charge in [-0.2, -0.15) is 0 Å². The highest BCUT2D eigenvalue weighted by molar-refractivity contribution is 5.71. The van der Waals surface area contributed by atoms with Crippen molar-refractivity contribution in [2.75, 3.05) is 26.7 Å². The number of carbonyl (C=O) groups is 1. The lowest BCUT2D eigenvalue weighted by molar-refractivity contribution is -0.141. The lowest BCUT2D eigenvalue weighted by Gasteiger charge is -2.15. The van der Waals surface area contributed by atoms with Crippen LogP contribution in [0.15, 0.2) is 0 Å². The first-order valence-corrected chi connectivity index (χ1v) is 4.01. The smallest absolute Gasteiger partial charge is 0.319 e. The maximum atomic E-state index is 13.2. The lowest BCUT2D eigenvalue weighted by atomic mass is 10.1. The molecule has 0 aromatic rings. The van der Waals surface area contributed by atoms with Crippen molar-refractivity contribution in [1.82, 2.24) is 4.90 Å². The van der Waals surface area contributed by atoms with Crippen molar-refractivity contribution < 1.29 is 13.9 Å². The normalized spacial score (nSPS) is 30.6. The molecule has 1 rings (SSSR count). The second kappa shape index (κ2) is 3.39. The van der Waals surface area contributed by atoms with Crippen molar-refractivity contribution in [2.24, 2.45) is 0 Å². The van der Waals surface area contributed by atoms with Crippen molar-refractivity contribution in [3.05, 3.63) is 0 Å². The lowest BCUT2D eigenvalue weighted by Crippen LogP contribution is -2.31. The van der Waals surface area contributed by atoms with Crippen molar-refractivity contribution in [2.45, 2.75) is 19.0 Å². The summed E-state index contributed by atoms with van der Waals surface area (Å²) in [4.78, 5) is 12.6. The number of carbonyl (C=O) groups excluding carboxylic acids is 1. The van der Waals surface area contributed by atoms with Crippen molar-refractivity contribution >= 4 is 5.97 Å². The van der Waals surface area contributed by atoms with Crippen LogP contribution in [0.1, 0.15) is 13.3 Å². The number of esters is 1. The van der Waals surface area contributed by atoms with Crippen LogP contribution < -0.4 is 0 Å². The van der Waals surface area contributed by atoms with E-state index in [9.17, 15) is 9.18 Å². The van der Waals surface area contributed by atoms with Crippen LogP contribution in [-0.4, -0.2) is 43.3 Å². The van der Waals surface area contributed by atoms with Gasteiger partial charge in [-0.25, -0.2) is 4.39 Å². The molecule has 1 unspecified atom stereocenters. The molecule has 1 fully saturated rings. The molecule has 1 aliphatic heterocycles.